The van der Waals surface area contributed by atoms with Gasteiger partial charge in [0.25, 0.3) is 0 Å². The molecule has 0 saturated heterocycles. The third-order valence-corrected chi connectivity index (χ3v) is 1.85. The lowest BCUT2D eigenvalue weighted by Crippen LogP contribution is -2.49. The number of carbonyl (C=O) groups is 2. The third-order valence-electron chi connectivity index (χ3n) is 1.85. The number of hydrogen-bond donors (Lipinski definition) is 2. The number of rotatable bonds is 4. The highest BCUT2D eigenvalue weighted by Crippen LogP contribution is 2.07. The smallest absolute Gasteiger partial charge is 0.408 e. The van der Waals surface area contributed by atoms with Crippen molar-refractivity contribution in [3.8, 4) is 0 Å². The Morgan fingerprint density at radius 1 is 1.18 bits per heavy atom. The van der Waals surface area contributed by atoms with Gasteiger partial charge in [-0.15, -0.1) is 0 Å². The zero-order valence-electron chi connectivity index (χ0n) is 11.6. The van der Waals surface area contributed by atoms with E-state index >= 15 is 0 Å². The van der Waals surface area contributed by atoms with Gasteiger partial charge >= 0.3 is 6.09 Å². The third kappa shape index (κ3) is 7.60. The molecule has 0 radical (unpaired) electrons. The van der Waals surface area contributed by atoms with E-state index in [2.05, 4.69) is 10.6 Å². The predicted molar refractivity (Wildman–Crippen MR) is 66.7 cm³/mol. The molecule has 5 heteroatoms. The lowest BCUT2D eigenvalue weighted by atomic mass is 10.2. The Morgan fingerprint density at radius 2 is 1.71 bits per heavy atom. The summed E-state index contributed by atoms with van der Waals surface area (Å²) < 4.78 is 5.10. The van der Waals surface area contributed by atoms with Crippen molar-refractivity contribution >= 4 is 12.0 Å². The monoisotopic (exact) mass is 244 g/mol. The fourth-order valence-electron chi connectivity index (χ4n) is 1.19. The maximum absolute atomic E-state index is 11.7. The minimum Gasteiger partial charge on any atom is -0.444 e. The summed E-state index contributed by atoms with van der Waals surface area (Å²) in [4.78, 5) is 23.2. The first-order valence-corrected chi connectivity index (χ1v) is 5.95. The Labute approximate surface area is 103 Å². The molecule has 0 aromatic rings. The Hall–Kier alpha value is -1.26. The van der Waals surface area contributed by atoms with Crippen LogP contribution < -0.4 is 10.6 Å². The molecule has 0 aromatic carbocycles. The highest BCUT2D eigenvalue weighted by atomic mass is 16.6. The van der Waals surface area contributed by atoms with E-state index in [0.717, 1.165) is 0 Å². The van der Waals surface area contributed by atoms with E-state index < -0.39 is 17.7 Å². The quantitative estimate of drug-likeness (QED) is 0.792. The molecule has 2 N–H and O–H groups in total. The van der Waals surface area contributed by atoms with Crippen molar-refractivity contribution < 1.29 is 14.3 Å². The van der Waals surface area contributed by atoms with E-state index in [-0.39, 0.29) is 11.9 Å². The zero-order valence-corrected chi connectivity index (χ0v) is 11.6. The van der Waals surface area contributed by atoms with Crippen molar-refractivity contribution in [1.82, 2.24) is 10.6 Å². The summed E-state index contributed by atoms with van der Waals surface area (Å²) in [5.41, 5.74) is -0.559. The summed E-state index contributed by atoms with van der Waals surface area (Å²) in [6.07, 6.45) is -0.0408. The molecule has 5 nitrogen and oxygen atoms in total. The molecule has 0 fully saturated rings. The molecule has 0 aliphatic carbocycles. The van der Waals surface area contributed by atoms with Gasteiger partial charge in [0, 0.05) is 6.04 Å². The van der Waals surface area contributed by atoms with Crippen LogP contribution in [0.1, 0.15) is 48.0 Å². The van der Waals surface area contributed by atoms with Gasteiger partial charge in [-0.05, 0) is 41.0 Å². The van der Waals surface area contributed by atoms with Crippen molar-refractivity contribution in [2.45, 2.75) is 65.6 Å². The lowest BCUT2D eigenvalue weighted by Gasteiger charge is -2.23. The molecule has 0 aromatic heterocycles. The summed E-state index contributed by atoms with van der Waals surface area (Å²) in [6, 6.07) is -0.496. The number of ether oxygens (including phenoxy) is 1. The van der Waals surface area contributed by atoms with E-state index in [9.17, 15) is 9.59 Å². The molecule has 1 atom stereocenters. The minimum absolute atomic E-state index is 0.0528. The lowest BCUT2D eigenvalue weighted by molar-refractivity contribution is -0.123. The molecule has 0 aliphatic heterocycles. The largest absolute Gasteiger partial charge is 0.444 e. The van der Waals surface area contributed by atoms with Crippen LogP contribution in [0.2, 0.25) is 0 Å². The number of alkyl carbamates (subject to hydrolysis) is 1. The van der Waals surface area contributed by atoms with Gasteiger partial charge in [-0.1, -0.05) is 6.92 Å². The summed E-state index contributed by atoms with van der Waals surface area (Å²) in [5.74, 6) is -0.187. The first-order chi connectivity index (χ1) is 7.65. The maximum atomic E-state index is 11.7. The number of amides is 2. The topological polar surface area (TPSA) is 67.4 Å². The van der Waals surface area contributed by atoms with E-state index in [1.54, 1.807) is 20.8 Å². The van der Waals surface area contributed by atoms with Crippen LogP contribution in [0.3, 0.4) is 0 Å². The molecule has 2 amide bonds. The Kier molecular flexibility index (Phi) is 5.99. The van der Waals surface area contributed by atoms with E-state index in [1.165, 1.54) is 0 Å². The van der Waals surface area contributed by atoms with Crippen LogP contribution in [0.25, 0.3) is 0 Å². The van der Waals surface area contributed by atoms with Crippen molar-refractivity contribution in [3.05, 3.63) is 0 Å². The van der Waals surface area contributed by atoms with Crippen LogP contribution in [-0.2, 0) is 9.53 Å². The average molecular weight is 244 g/mol. The molecule has 0 saturated carbocycles. The van der Waals surface area contributed by atoms with E-state index in [1.807, 2.05) is 20.8 Å². The SMILES string of the molecule is CC[C@H](NC(=O)OC(C)(C)C)C(=O)NC(C)C. The standard InChI is InChI=1S/C12H24N2O3/c1-7-9(10(15)13-8(2)3)14-11(16)17-12(4,5)6/h8-9H,7H2,1-6H3,(H,13,15)(H,14,16)/t9-/m0/s1. The van der Waals surface area contributed by atoms with E-state index in [0.29, 0.717) is 6.42 Å². The normalized spacial score (nSPS) is 13.1. The van der Waals surface area contributed by atoms with E-state index in [4.69, 9.17) is 4.74 Å². The zero-order chi connectivity index (χ0) is 13.6. The first kappa shape index (κ1) is 15.7. The second-order valence-electron chi connectivity index (χ2n) is 5.27. The van der Waals surface area contributed by atoms with Gasteiger partial charge in [-0.25, -0.2) is 4.79 Å². The second kappa shape index (κ2) is 6.47. The fraction of sp³-hybridized carbons (Fsp3) is 0.833. The van der Waals surface area contributed by atoms with Crippen molar-refractivity contribution in [3.63, 3.8) is 0 Å². The van der Waals surface area contributed by atoms with Gasteiger partial charge < -0.3 is 15.4 Å². The highest BCUT2D eigenvalue weighted by Gasteiger charge is 2.23. The van der Waals surface area contributed by atoms with Gasteiger partial charge in [0.2, 0.25) is 5.91 Å². The van der Waals surface area contributed by atoms with Gasteiger partial charge in [-0.3, -0.25) is 4.79 Å². The fourth-order valence-corrected chi connectivity index (χ4v) is 1.19. The molecule has 0 rings (SSSR count). The Bertz CT molecular complexity index is 269. The van der Waals surface area contributed by atoms with Crippen molar-refractivity contribution in [2.75, 3.05) is 0 Å². The van der Waals surface area contributed by atoms with Crippen LogP contribution in [0, 0.1) is 0 Å². The van der Waals surface area contributed by atoms with Gasteiger partial charge in [-0.2, -0.15) is 0 Å². The molecular formula is C12H24N2O3. The van der Waals surface area contributed by atoms with Crippen molar-refractivity contribution in [1.29, 1.82) is 0 Å². The average Bonchev–Trinajstić information content (AvgIpc) is 2.09. The van der Waals surface area contributed by atoms with Gasteiger partial charge in [0.1, 0.15) is 11.6 Å². The van der Waals surface area contributed by atoms with Crippen LogP contribution >= 0.6 is 0 Å². The maximum Gasteiger partial charge on any atom is 0.408 e. The van der Waals surface area contributed by atoms with Crippen LogP contribution in [0.5, 0.6) is 0 Å². The molecule has 0 heterocycles. The molecule has 100 valence electrons. The highest BCUT2D eigenvalue weighted by molar-refractivity contribution is 5.85. The number of hydrogen-bond acceptors (Lipinski definition) is 3. The molecule has 0 aliphatic rings. The Balaban J connectivity index is 4.31. The second-order valence-corrected chi connectivity index (χ2v) is 5.27. The number of nitrogens with one attached hydrogen (secondary N) is 2. The van der Waals surface area contributed by atoms with Crippen LogP contribution in [-0.4, -0.2) is 29.7 Å². The summed E-state index contributed by atoms with van der Waals surface area (Å²) >= 11 is 0. The van der Waals surface area contributed by atoms with Gasteiger partial charge in [0.05, 0.1) is 0 Å². The summed E-state index contributed by atoms with van der Waals surface area (Å²) in [7, 11) is 0. The molecule has 0 spiro atoms. The van der Waals surface area contributed by atoms with Crippen LogP contribution in [0.15, 0.2) is 0 Å². The molecular weight excluding hydrogens is 220 g/mol. The summed E-state index contributed by atoms with van der Waals surface area (Å²) in [6.45, 7) is 10.9. The molecule has 17 heavy (non-hydrogen) atoms. The molecule has 0 unspecified atom stereocenters. The Morgan fingerprint density at radius 3 is 2.06 bits per heavy atom. The predicted octanol–water partition coefficient (Wildman–Crippen LogP) is 1.81. The molecule has 0 bridgehead atoms. The minimum atomic E-state index is -0.566. The van der Waals surface area contributed by atoms with Crippen LogP contribution in [0.4, 0.5) is 4.79 Å². The first-order valence-electron chi connectivity index (χ1n) is 5.95. The van der Waals surface area contributed by atoms with Gasteiger partial charge in [0.15, 0.2) is 0 Å². The van der Waals surface area contributed by atoms with Crippen molar-refractivity contribution in [2.24, 2.45) is 0 Å². The summed E-state index contributed by atoms with van der Waals surface area (Å²) in [5, 5.41) is 5.31. The number of carbonyl (C=O) groups excluding carboxylic acids is 2.